The van der Waals surface area contributed by atoms with Crippen molar-refractivity contribution >= 4 is 11.9 Å². The van der Waals surface area contributed by atoms with E-state index in [0.29, 0.717) is 12.3 Å². The maximum Gasteiger partial charge on any atom is 0.335 e. The summed E-state index contributed by atoms with van der Waals surface area (Å²) >= 11 is 0. The molecule has 7 aliphatic rings. The summed E-state index contributed by atoms with van der Waals surface area (Å²) in [7, 11) is 0. The molecule has 2 saturated heterocycles. The molecule has 0 amide bonds. The molecule has 6 N–H and O–H groups in total. The number of fused-ring (bicyclic) bond motifs is 5. The van der Waals surface area contributed by atoms with E-state index >= 15 is 0 Å². The van der Waals surface area contributed by atoms with E-state index in [-0.39, 0.29) is 57.0 Å². The quantitative estimate of drug-likeness (QED) is 0.192. The first-order valence-electron chi connectivity index (χ1n) is 18.0. The van der Waals surface area contributed by atoms with Crippen LogP contribution < -0.4 is 5.32 Å². The van der Waals surface area contributed by atoms with Gasteiger partial charge in [0.05, 0.1) is 11.5 Å². The highest BCUT2D eigenvalue weighted by atomic mass is 16.7. The number of carboxylic acid groups (broad SMARTS) is 2. The third-order valence-electron chi connectivity index (χ3n) is 16.2. The summed E-state index contributed by atoms with van der Waals surface area (Å²) in [6.45, 7) is 17.2. The predicted octanol–water partition coefficient (Wildman–Crippen LogP) is 3.96. The van der Waals surface area contributed by atoms with Gasteiger partial charge in [0.25, 0.3) is 0 Å². The lowest BCUT2D eigenvalue weighted by atomic mass is 9.31. The average molecular weight is 660 g/mol. The number of hydrogen-bond acceptors (Lipinski definition) is 8. The number of aliphatic hydroxyl groups excluding tert-OH is 3. The van der Waals surface area contributed by atoms with Crippen LogP contribution in [0.25, 0.3) is 0 Å². The number of rotatable bonds is 4. The lowest BCUT2D eigenvalue weighted by Gasteiger charge is -2.74. The zero-order chi connectivity index (χ0) is 34.3. The van der Waals surface area contributed by atoms with Gasteiger partial charge >= 0.3 is 11.9 Å². The number of carboxylic acids is 2. The Labute approximate surface area is 278 Å². The van der Waals surface area contributed by atoms with Crippen LogP contribution in [0.5, 0.6) is 0 Å². The number of hydrogen-bond donors (Lipinski definition) is 6. The van der Waals surface area contributed by atoms with Crippen molar-refractivity contribution < 1.29 is 44.6 Å². The number of aliphatic carboxylic acids is 2. The van der Waals surface area contributed by atoms with Gasteiger partial charge in [-0.15, -0.1) is 0 Å². The average Bonchev–Trinajstić information content (AvgIpc) is 2.97. The molecule has 47 heavy (non-hydrogen) atoms. The molecule has 4 saturated carbocycles. The Balaban J connectivity index is 1.20. The van der Waals surface area contributed by atoms with E-state index in [4.69, 9.17) is 9.47 Å². The molecule has 2 heterocycles. The molecular formula is C37H57NO9. The maximum absolute atomic E-state index is 13.3. The van der Waals surface area contributed by atoms with Gasteiger partial charge in [-0.2, -0.15) is 0 Å². The fraction of sp³-hybridized carbons (Fsp3) is 0.892. The van der Waals surface area contributed by atoms with Gasteiger partial charge in [-0.3, -0.25) is 4.79 Å². The Morgan fingerprint density at radius 3 is 2.26 bits per heavy atom. The topological polar surface area (TPSA) is 166 Å². The lowest BCUT2D eigenvalue weighted by Crippen LogP contribution is -2.74. The molecule has 6 fully saturated rings. The number of nitrogens with one attached hydrogen (secondary N) is 1. The summed E-state index contributed by atoms with van der Waals surface area (Å²) in [5.74, 6) is -1.26. The Morgan fingerprint density at radius 2 is 1.60 bits per heavy atom. The second-order valence-electron chi connectivity index (χ2n) is 18.6. The molecule has 7 rings (SSSR count). The first kappa shape index (κ1) is 33.9. The molecule has 0 radical (unpaired) electrons. The van der Waals surface area contributed by atoms with E-state index < -0.39 is 48.1 Å². The highest BCUT2D eigenvalue weighted by Crippen LogP contribution is 2.77. The van der Waals surface area contributed by atoms with Gasteiger partial charge in [-0.1, -0.05) is 60.1 Å². The highest BCUT2D eigenvalue weighted by molar-refractivity contribution is 5.78. The SMILES string of the molecule is CC1(C)CC[C@]2(C(=O)O)[C@@H]3CN[C@H]1[C@H]2C1=CC[C@@H]2[C@@]4(C)CC[C@H](O[C@@H]5O[C@H](C(=O)O)[C@@H](O)[C@H](O)[C@H]5O)C(C)(C)[C@@H]4CC[C@@]2(C)[C@]1(C)C3. The molecule has 0 aromatic rings. The third-order valence-corrected chi connectivity index (χ3v) is 16.2. The number of aliphatic hydroxyl groups is 3. The molecule has 4 bridgehead atoms. The van der Waals surface area contributed by atoms with Gasteiger partial charge in [0.2, 0.25) is 0 Å². The van der Waals surface area contributed by atoms with Crippen LogP contribution in [0.3, 0.4) is 0 Å². The van der Waals surface area contributed by atoms with E-state index in [9.17, 15) is 35.1 Å². The normalized spacial score (nSPS) is 54.3. The van der Waals surface area contributed by atoms with Gasteiger partial charge in [-0.25, -0.2) is 4.79 Å². The van der Waals surface area contributed by atoms with E-state index in [1.54, 1.807) is 0 Å². The molecule has 0 spiro atoms. The summed E-state index contributed by atoms with van der Waals surface area (Å²) in [6, 6.07) is 0.144. The van der Waals surface area contributed by atoms with Crippen LogP contribution in [0, 0.1) is 56.2 Å². The second kappa shape index (κ2) is 10.5. The van der Waals surface area contributed by atoms with Gasteiger partial charge in [0.1, 0.15) is 18.3 Å². The van der Waals surface area contributed by atoms with Crippen molar-refractivity contribution in [3.63, 3.8) is 0 Å². The number of allylic oxidation sites excluding steroid dienone is 1. The molecule has 0 aromatic heterocycles. The molecule has 10 nitrogen and oxygen atoms in total. The summed E-state index contributed by atoms with van der Waals surface area (Å²) in [4.78, 5) is 25.0. The zero-order valence-electron chi connectivity index (χ0n) is 29.2. The standard InChI is InChI=1S/C37H57NO9/c1-32(2)14-15-37(31(44)45)18-16-36(7)19(23(37)28(32)38-17-18)8-9-21-34(5)12-11-22(33(3,4)20(34)10-13-35(21,36)6)46-30-26(41)24(39)25(40)27(47-30)29(42)43/h8,18,20-28,30,38-41H,9-17H2,1-7H3,(H,42,43)(H,44,45)/t18-,20-,21+,22-,23+,24-,25-,26+,27-,28-,30+,34-,35+,36+,37-/m0/s1. The number of carbonyl (C=O) groups is 2. The molecule has 0 aromatic carbocycles. The fourth-order valence-corrected chi connectivity index (χ4v) is 13.4. The van der Waals surface area contributed by atoms with Crippen molar-refractivity contribution in [1.82, 2.24) is 5.32 Å². The van der Waals surface area contributed by atoms with Crippen LogP contribution in [0.2, 0.25) is 0 Å². The molecule has 2 aliphatic heterocycles. The predicted molar refractivity (Wildman–Crippen MR) is 172 cm³/mol. The lowest BCUT2D eigenvalue weighted by molar-refractivity contribution is -0.324. The van der Waals surface area contributed by atoms with E-state index in [0.717, 1.165) is 51.5 Å². The van der Waals surface area contributed by atoms with Crippen molar-refractivity contribution in [2.45, 2.75) is 143 Å². The minimum Gasteiger partial charge on any atom is -0.481 e. The van der Waals surface area contributed by atoms with Crippen LogP contribution >= 0.6 is 0 Å². The van der Waals surface area contributed by atoms with Crippen LogP contribution in [-0.2, 0) is 19.1 Å². The van der Waals surface area contributed by atoms with Crippen molar-refractivity contribution in [2.24, 2.45) is 56.2 Å². The van der Waals surface area contributed by atoms with Gasteiger partial charge in [0, 0.05) is 12.0 Å². The minimum absolute atomic E-state index is 0.00384. The van der Waals surface area contributed by atoms with Crippen molar-refractivity contribution in [1.29, 1.82) is 0 Å². The molecule has 0 unspecified atom stereocenters. The summed E-state index contributed by atoms with van der Waals surface area (Å²) in [5.41, 5.74) is 0.248. The molecule has 5 aliphatic carbocycles. The van der Waals surface area contributed by atoms with Crippen molar-refractivity contribution in [2.75, 3.05) is 6.54 Å². The molecular weight excluding hydrogens is 602 g/mol. The Kier molecular flexibility index (Phi) is 7.56. The number of piperidine rings is 1. The summed E-state index contributed by atoms with van der Waals surface area (Å²) in [5, 5.41) is 55.7. The Bertz CT molecular complexity index is 1360. The summed E-state index contributed by atoms with van der Waals surface area (Å²) < 4.78 is 11.9. The molecule has 10 heteroatoms. The van der Waals surface area contributed by atoms with Crippen molar-refractivity contribution in [3.8, 4) is 0 Å². The summed E-state index contributed by atoms with van der Waals surface area (Å²) in [6.07, 6.45) is 1.15. The van der Waals surface area contributed by atoms with E-state index in [2.05, 4.69) is 59.9 Å². The second-order valence-corrected chi connectivity index (χ2v) is 18.6. The Hall–Kier alpha value is -1.56. The fourth-order valence-electron chi connectivity index (χ4n) is 13.4. The molecule has 264 valence electrons. The smallest absolute Gasteiger partial charge is 0.335 e. The van der Waals surface area contributed by atoms with Gasteiger partial charge in [0.15, 0.2) is 12.4 Å². The Morgan fingerprint density at radius 1 is 0.894 bits per heavy atom. The van der Waals surface area contributed by atoms with Crippen LogP contribution in [0.15, 0.2) is 11.6 Å². The third kappa shape index (κ3) is 4.24. The van der Waals surface area contributed by atoms with Crippen LogP contribution in [0.4, 0.5) is 0 Å². The minimum atomic E-state index is -1.75. The number of ether oxygens (including phenoxy) is 2. The monoisotopic (exact) mass is 659 g/mol. The van der Waals surface area contributed by atoms with Gasteiger partial charge < -0.3 is 40.3 Å². The van der Waals surface area contributed by atoms with E-state index in [1.807, 2.05) is 0 Å². The van der Waals surface area contributed by atoms with Crippen molar-refractivity contribution in [3.05, 3.63) is 11.6 Å². The maximum atomic E-state index is 13.3. The first-order chi connectivity index (χ1) is 21.8. The zero-order valence-corrected chi connectivity index (χ0v) is 29.2. The molecule has 15 atom stereocenters. The largest absolute Gasteiger partial charge is 0.481 e. The van der Waals surface area contributed by atoms with Crippen LogP contribution in [0.1, 0.15) is 99.8 Å². The highest BCUT2D eigenvalue weighted by Gasteiger charge is 2.74. The van der Waals surface area contributed by atoms with Crippen LogP contribution in [-0.4, -0.2) is 86.9 Å². The first-order valence-corrected chi connectivity index (χ1v) is 18.0. The van der Waals surface area contributed by atoms with E-state index in [1.165, 1.54) is 5.57 Å². The van der Waals surface area contributed by atoms with Gasteiger partial charge in [-0.05, 0) is 103 Å².